The van der Waals surface area contributed by atoms with Crippen LogP contribution < -0.4 is 11.1 Å². The highest BCUT2D eigenvalue weighted by Crippen LogP contribution is 2.38. The number of nitrogens with two attached hydrogens (primary N) is 1. The van der Waals surface area contributed by atoms with E-state index in [-0.39, 0.29) is 11.3 Å². The van der Waals surface area contributed by atoms with Crippen LogP contribution >= 0.6 is 0 Å². The topological polar surface area (TPSA) is 80.9 Å². The molecule has 0 atom stereocenters. The number of rotatable bonds is 5. The number of benzene rings is 1. The fourth-order valence-corrected chi connectivity index (χ4v) is 3.59. The number of hydrogen-bond acceptors (Lipinski definition) is 4. The van der Waals surface area contributed by atoms with Crippen molar-refractivity contribution in [3.8, 4) is 11.4 Å². The van der Waals surface area contributed by atoms with Crippen LogP contribution in [0.2, 0.25) is 0 Å². The van der Waals surface area contributed by atoms with Crippen LogP contribution in [0, 0.1) is 12.3 Å². The first-order valence-electron chi connectivity index (χ1n) is 9.00. The molecule has 2 aromatic rings. The van der Waals surface area contributed by atoms with Gasteiger partial charge >= 0.3 is 0 Å². The molecule has 3 rings (SSSR count). The molecule has 0 unspecified atom stereocenters. The van der Waals surface area contributed by atoms with Crippen LogP contribution in [0.15, 0.2) is 36.5 Å². The molecular formula is C20H26N4O. The van der Waals surface area contributed by atoms with Gasteiger partial charge in [0.05, 0.1) is 0 Å². The highest BCUT2D eigenvalue weighted by molar-refractivity contribution is 5.91. The van der Waals surface area contributed by atoms with Crippen molar-refractivity contribution in [1.29, 1.82) is 0 Å². The number of amides is 1. The molecule has 0 saturated heterocycles. The predicted molar refractivity (Wildman–Crippen MR) is 100 cm³/mol. The lowest BCUT2D eigenvalue weighted by molar-refractivity contribution is -0.118. The van der Waals surface area contributed by atoms with Crippen LogP contribution in [0.1, 0.15) is 44.2 Å². The van der Waals surface area contributed by atoms with Gasteiger partial charge in [-0.1, -0.05) is 19.3 Å². The zero-order valence-corrected chi connectivity index (χ0v) is 14.8. The largest absolute Gasteiger partial charge is 0.330 e. The van der Waals surface area contributed by atoms with E-state index in [1.807, 2.05) is 37.3 Å². The highest BCUT2D eigenvalue weighted by atomic mass is 16.1. The number of aromatic nitrogens is 2. The summed E-state index contributed by atoms with van der Waals surface area (Å²) in [5.41, 5.74) is 8.63. The Morgan fingerprint density at radius 1 is 1.16 bits per heavy atom. The SMILES string of the molecule is Cc1ccnc(-c2ccc(NC(=O)CC3(CN)CCCCC3)cc2)n1. The van der Waals surface area contributed by atoms with Gasteiger partial charge in [-0.2, -0.15) is 0 Å². The molecule has 1 saturated carbocycles. The molecule has 1 aromatic carbocycles. The van der Waals surface area contributed by atoms with Crippen molar-refractivity contribution in [2.45, 2.75) is 45.4 Å². The van der Waals surface area contributed by atoms with E-state index < -0.39 is 0 Å². The van der Waals surface area contributed by atoms with Crippen molar-refractivity contribution in [2.75, 3.05) is 11.9 Å². The second-order valence-corrected chi connectivity index (χ2v) is 7.09. The number of aryl methyl sites for hydroxylation is 1. The Labute approximate surface area is 149 Å². The Kier molecular flexibility index (Phi) is 5.43. The molecule has 1 heterocycles. The molecule has 1 amide bonds. The molecule has 1 aliphatic carbocycles. The number of nitrogens with one attached hydrogen (secondary N) is 1. The van der Waals surface area contributed by atoms with Gasteiger partial charge in [0.2, 0.25) is 5.91 Å². The lowest BCUT2D eigenvalue weighted by atomic mass is 9.71. The van der Waals surface area contributed by atoms with Crippen molar-refractivity contribution in [3.63, 3.8) is 0 Å². The third kappa shape index (κ3) is 4.42. The molecule has 1 aromatic heterocycles. The quantitative estimate of drug-likeness (QED) is 0.871. The Morgan fingerprint density at radius 3 is 2.52 bits per heavy atom. The van der Waals surface area contributed by atoms with Gasteiger partial charge in [-0.05, 0) is 62.1 Å². The van der Waals surface area contributed by atoms with Crippen LogP contribution in [0.5, 0.6) is 0 Å². The van der Waals surface area contributed by atoms with Crippen molar-refractivity contribution >= 4 is 11.6 Å². The van der Waals surface area contributed by atoms with Gasteiger partial charge in [0.1, 0.15) is 0 Å². The number of anilines is 1. The fourth-order valence-electron chi connectivity index (χ4n) is 3.59. The van der Waals surface area contributed by atoms with E-state index in [1.165, 1.54) is 19.3 Å². The second kappa shape index (κ2) is 7.74. The van der Waals surface area contributed by atoms with Crippen molar-refractivity contribution in [3.05, 3.63) is 42.2 Å². The maximum atomic E-state index is 12.5. The number of carbonyl (C=O) groups is 1. The van der Waals surface area contributed by atoms with Crippen LogP contribution in [-0.4, -0.2) is 22.4 Å². The number of carbonyl (C=O) groups excluding carboxylic acids is 1. The van der Waals surface area contributed by atoms with Crippen LogP contribution in [0.4, 0.5) is 5.69 Å². The van der Waals surface area contributed by atoms with Gasteiger partial charge in [0.25, 0.3) is 0 Å². The Balaban J connectivity index is 1.64. The van der Waals surface area contributed by atoms with Gasteiger partial charge in [-0.25, -0.2) is 9.97 Å². The Morgan fingerprint density at radius 2 is 1.88 bits per heavy atom. The molecule has 5 nitrogen and oxygen atoms in total. The van der Waals surface area contributed by atoms with Crippen molar-refractivity contribution in [2.24, 2.45) is 11.1 Å². The average Bonchev–Trinajstić information content (AvgIpc) is 2.63. The molecule has 0 spiro atoms. The maximum Gasteiger partial charge on any atom is 0.224 e. The summed E-state index contributed by atoms with van der Waals surface area (Å²) < 4.78 is 0. The standard InChI is InChI=1S/C20H26N4O/c1-15-9-12-22-19(23-15)16-5-7-17(8-6-16)24-18(25)13-20(14-21)10-3-2-4-11-20/h5-9,12H,2-4,10-11,13-14,21H2,1H3,(H,24,25). The highest BCUT2D eigenvalue weighted by Gasteiger charge is 2.32. The summed E-state index contributed by atoms with van der Waals surface area (Å²) in [7, 11) is 0. The van der Waals surface area contributed by atoms with E-state index in [9.17, 15) is 4.79 Å². The first kappa shape index (κ1) is 17.5. The Bertz CT molecular complexity index is 721. The molecule has 0 aliphatic heterocycles. The monoisotopic (exact) mass is 338 g/mol. The average molecular weight is 338 g/mol. The third-order valence-corrected chi connectivity index (χ3v) is 5.10. The Hall–Kier alpha value is -2.27. The van der Waals surface area contributed by atoms with E-state index >= 15 is 0 Å². The van der Waals surface area contributed by atoms with Gasteiger partial charge < -0.3 is 11.1 Å². The van der Waals surface area contributed by atoms with Gasteiger partial charge in [-0.3, -0.25) is 4.79 Å². The molecule has 0 bridgehead atoms. The van der Waals surface area contributed by atoms with E-state index in [1.54, 1.807) is 6.20 Å². The van der Waals surface area contributed by atoms with E-state index in [4.69, 9.17) is 5.73 Å². The molecule has 5 heteroatoms. The van der Waals surface area contributed by atoms with Crippen LogP contribution in [0.25, 0.3) is 11.4 Å². The molecular weight excluding hydrogens is 312 g/mol. The minimum Gasteiger partial charge on any atom is -0.330 e. The zero-order chi connectivity index (χ0) is 17.7. The zero-order valence-electron chi connectivity index (χ0n) is 14.8. The van der Waals surface area contributed by atoms with E-state index in [0.29, 0.717) is 18.8 Å². The number of hydrogen-bond donors (Lipinski definition) is 2. The molecule has 1 fully saturated rings. The summed E-state index contributed by atoms with van der Waals surface area (Å²) in [5.74, 6) is 0.745. The minimum absolute atomic E-state index is 0.0162. The number of nitrogens with zero attached hydrogens (tertiary/aromatic N) is 2. The summed E-state index contributed by atoms with van der Waals surface area (Å²) in [5, 5.41) is 3.00. The van der Waals surface area contributed by atoms with Crippen molar-refractivity contribution in [1.82, 2.24) is 9.97 Å². The van der Waals surface area contributed by atoms with Crippen molar-refractivity contribution < 1.29 is 4.79 Å². The molecule has 132 valence electrons. The normalized spacial score (nSPS) is 16.4. The predicted octanol–water partition coefficient (Wildman–Crippen LogP) is 3.69. The maximum absolute atomic E-state index is 12.5. The molecule has 3 N–H and O–H groups in total. The lowest BCUT2D eigenvalue weighted by Crippen LogP contribution is -2.36. The summed E-state index contributed by atoms with van der Waals surface area (Å²) in [6, 6.07) is 9.54. The minimum atomic E-state index is -0.0162. The van der Waals surface area contributed by atoms with Crippen LogP contribution in [-0.2, 0) is 4.79 Å². The molecule has 0 radical (unpaired) electrons. The van der Waals surface area contributed by atoms with Gasteiger partial charge in [0, 0.05) is 29.6 Å². The van der Waals surface area contributed by atoms with Crippen LogP contribution in [0.3, 0.4) is 0 Å². The molecule has 1 aliphatic rings. The summed E-state index contributed by atoms with van der Waals surface area (Å²) in [4.78, 5) is 21.2. The van der Waals surface area contributed by atoms with E-state index in [0.717, 1.165) is 29.8 Å². The summed E-state index contributed by atoms with van der Waals surface area (Å²) >= 11 is 0. The summed E-state index contributed by atoms with van der Waals surface area (Å²) in [6.45, 7) is 2.53. The molecule has 25 heavy (non-hydrogen) atoms. The first-order chi connectivity index (χ1) is 12.1. The lowest BCUT2D eigenvalue weighted by Gasteiger charge is -2.35. The fraction of sp³-hybridized carbons (Fsp3) is 0.450. The van der Waals surface area contributed by atoms with Gasteiger partial charge in [-0.15, -0.1) is 0 Å². The van der Waals surface area contributed by atoms with Gasteiger partial charge in [0.15, 0.2) is 5.82 Å². The second-order valence-electron chi connectivity index (χ2n) is 7.09. The third-order valence-electron chi connectivity index (χ3n) is 5.10. The first-order valence-corrected chi connectivity index (χ1v) is 9.00. The van der Waals surface area contributed by atoms with E-state index in [2.05, 4.69) is 15.3 Å². The smallest absolute Gasteiger partial charge is 0.224 e. The summed E-state index contributed by atoms with van der Waals surface area (Å²) in [6.07, 6.45) is 7.98.